The Morgan fingerprint density at radius 1 is 1.12 bits per heavy atom. The van der Waals surface area contributed by atoms with Crippen molar-refractivity contribution in [3.8, 4) is 0 Å². The molecule has 0 unspecified atom stereocenters. The highest BCUT2D eigenvalue weighted by atomic mass is 16.5. The number of hydrogen-bond donors (Lipinski definition) is 0. The molecule has 0 radical (unpaired) electrons. The maximum Gasteiger partial charge on any atom is 0.311 e. The Morgan fingerprint density at radius 3 is 2.58 bits per heavy atom. The third-order valence-corrected chi connectivity index (χ3v) is 5.02. The van der Waals surface area contributed by atoms with Gasteiger partial charge in [-0.2, -0.15) is 0 Å². The monoisotopic (exact) mass is 350 g/mol. The molecule has 0 N–H and O–H groups in total. The second kappa shape index (κ2) is 6.90. The third-order valence-electron chi connectivity index (χ3n) is 5.02. The highest BCUT2D eigenvalue weighted by molar-refractivity contribution is 5.90. The van der Waals surface area contributed by atoms with Gasteiger partial charge in [-0.25, -0.2) is 0 Å². The maximum atomic E-state index is 12.8. The van der Waals surface area contributed by atoms with Crippen molar-refractivity contribution < 1.29 is 9.53 Å². The fourth-order valence-corrected chi connectivity index (χ4v) is 4.24. The number of benzene rings is 2. The van der Waals surface area contributed by atoms with Crippen LogP contribution in [0.25, 0.3) is 16.8 Å². The Balaban J connectivity index is 1.90. The molecule has 0 spiro atoms. The summed E-state index contributed by atoms with van der Waals surface area (Å²) in [6.45, 7) is 10.8. The van der Waals surface area contributed by atoms with Crippen molar-refractivity contribution >= 4 is 22.8 Å². The molecule has 0 atom stereocenters. The molecule has 138 valence electrons. The Kier molecular flexibility index (Phi) is 4.96. The molecule has 2 aromatic carbocycles. The van der Waals surface area contributed by atoms with Crippen molar-refractivity contribution in [2.75, 3.05) is 0 Å². The summed E-state index contributed by atoms with van der Waals surface area (Å²) in [5.41, 5.74) is 3.32. The van der Waals surface area contributed by atoms with Gasteiger partial charge >= 0.3 is 5.97 Å². The molecule has 0 aliphatic heterocycles. The smallest absolute Gasteiger partial charge is 0.311 e. The lowest BCUT2D eigenvalue weighted by atomic mass is 9.76. The van der Waals surface area contributed by atoms with Gasteiger partial charge < -0.3 is 4.74 Å². The summed E-state index contributed by atoms with van der Waals surface area (Å²) >= 11 is 0. The lowest BCUT2D eigenvalue weighted by molar-refractivity contribution is -0.157. The molecule has 0 saturated carbocycles. The summed E-state index contributed by atoms with van der Waals surface area (Å²) in [6, 6.07) is 10.7. The zero-order valence-corrected chi connectivity index (χ0v) is 16.7. The summed E-state index contributed by atoms with van der Waals surface area (Å²) in [5, 5.41) is 2.40. The maximum absolute atomic E-state index is 12.8. The molecule has 0 bridgehead atoms. The molecule has 2 aromatic rings. The zero-order valence-electron chi connectivity index (χ0n) is 16.7. The van der Waals surface area contributed by atoms with Crippen LogP contribution in [-0.4, -0.2) is 5.97 Å². The molecule has 0 aromatic heterocycles. The predicted octanol–water partition coefficient (Wildman–Crippen LogP) is 6.30. The number of carbonyl (C=O) groups excluding carboxylic acids is 1. The summed E-state index contributed by atoms with van der Waals surface area (Å²) in [4.78, 5) is 12.8. The van der Waals surface area contributed by atoms with Gasteiger partial charge in [0.15, 0.2) is 0 Å². The van der Waals surface area contributed by atoms with E-state index in [0.29, 0.717) is 6.61 Å². The average molecular weight is 351 g/mol. The van der Waals surface area contributed by atoms with Crippen molar-refractivity contribution in [3.63, 3.8) is 0 Å². The van der Waals surface area contributed by atoms with Crippen LogP contribution in [0.15, 0.2) is 36.4 Å². The number of ether oxygens (including phenoxy) is 1. The molecule has 0 fully saturated rings. The number of aryl methyl sites for hydroxylation is 1. The van der Waals surface area contributed by atoms with Gasteiger partial charge in [0.25, 0.3) is 0 Å². The van der Waals surface area contributed by atoms with E-state index in [2.05, 4.69) is 63.3 Å². The number of rotatable bonds is 4. The van der Waals surface area contributed by atoms with Gasteiger partial charge in [-0.05, 0) is 60.4 Å². The van der Waals surface area contributed by atoms with Crippen LogP contribution in [0.4, 0.5) is 0 Å². The van der Waals surface area contributed by atoms with Crippen molar-refractivity contribution in [1.29, 1.82) is 0 Å². The van der Waals surface area contributed by atoms with E-state index in [4.69, 9.17) is 4.74 Å². The molecule has 3 rings (SSSR count). The summed E-state index contributed by atoms with van der Waals surface area (Å²) in [5.74, 6) is -0.117. The predicted molar refractivity (Wildman–Crippen MR) is 109 cm³/mol. The molecule has 2 nitrogen and oxygen atoms in total. The first kappa shape index (κ1) is 18.7. The van der Waals surface area contributed by atoms with Crippen LogP contribution < -0.4 is 0 Å². The standard InChI is InChI=1S/C24H30O2/c1-23(2,3)16-24(4,5)22(25)26-15-21-19-12-8-6-10-17(19)14-18-11-7-9-13-20(18)21/h6,8-10,12-14H,7,11,15-16H2,1-5H3. The highest BCUT2D eigenvalue weighted by Gasteiger charge is 2.34. The van der Waals surface area contributed by atoms with Crippen molar-refractivity contribution in [2.45, 2.75) is 60.5 Å². The van der Waals surface area contributed by atoms with Gasteiger partial charge in [0.1, 0.15) is 6.61 Å². The van der Waals surface area contributed by atoms with Gasteiger partial charge in [-0.3, -0.25) is 4.79 Å². The lowest BCUT2D eigenvalue weighted by Gasteiger charge is -2.30. The van der Waals surface area contributed by atoms with Crippen LogP contribution in [0.1, 0.15) is 64.2 Å². The molecular weight excluding hydrogens is 320 g/mol. The van der Waals surface area contributed by atoms with Crippen molar-refractivity contribution in [3.05, 3.63) is 53.1 Å². The Hall–Kier alpha value is -2.09. The molecule has 2 heteroatoms. The van der Waals surface area contributed by atoms with Crippen LogP contribution in [0, 0.1) is 10.8 Å². The van der Waals surface area contributed by atoms with Gasteiger partial charge in [-0.15, -0.1) is 0 Å². The van der Waals surface area contributed by atoms with E-state index in [1.165, 1.54) is 21.9 Å². The van der Waals surface area contributed by atoms with Crippen LogP contribution in [0.5, 0.6) is 0 Å². The second-order valence-electron chi connectivity index (χ2n) is 9.29. The largest absolute Gasteiger partial charge is 0.460 e. The van der Waals surface area contributed by atoms with Gasteiger partial charge in [0.2, 0.25) is 0 Å². The highest BCUT2D eigenvalue weighted by Crippen LogP contribution is 2.35. The summed E-state index contributed by atoms with van der Waals surface area (Å²) in [7, 11) is 0. The molecule has 0 saturated heterocycles. The van der Waals surface area contributed by atoms with E-state index < -0.39 is 5.41 Å². The van der Waals surface area contributed by atoms with Gasteiger partial charge in [-0.1, -0.05) is 63.3 Å². The molecule has 0 amide bonds. The van der Waals surface area contributed by atoms with Crippen LogP contribution in [0.2, 0.25) is 0 Å². The number of carbonyl (C=O) groups is 1. The number of allylic oxidation sites excluding steroid dienone is 1. The fraction of sp³-hybridized carbons (Fsp3) is 0.458. The minimum absolute atomic E-state index is 0.0872. The van der Waals surface area contributed by atoms with E-state index in [9.17, 15) is 4.79 Å². The Bertz CT molecular complexity index is 850. The van der Waals surface area contributed by atoms with E-state index in [0.717, 1.165) is 24.8 Å². The number of fused-ring (bicyclic) bond motifs is 2. The quantitative estimate of drug-likeness (QED) is 0.604. The number of esters is 1. The van der Waals surface area contributed by atoms with Crippen LogP contribution in [0.3, 0.4) is 0 Å². The summed E-state index contributed by atoms with van der Waals surface area (Å²) in [6.07, 6.45) is 7.32. The molecule has 26 heavy (non-hydrogen) atoms. The molecular formula is C24H30O2. The SMILES string of the molecule is CC(C)(C)CC(C)(C)C(=O)OCc1c2c(cc3ccccc13)CCC=C2. The third kappa shape index (κ3) is 4.00. The Morgan fingerprint density at radius 2 is 1.85 bits per heavy atom. The summed E-state index contributed by atoms with van der Waals surface area (Å²) < 4.78 is 5.84. The van der Waals surface area contributed by atoms with E-state index in [1.807, 2.05) is 13.8 Å². The molecule has 0 heterocycles. The lowest BCUT2D eigenvalue weighted by Crippen LogP contribution is -2.31. The van der Waals surface area contributed by atoms with E-state index in [1.54, 1.807) is 0 Å². The van der Waals surface area contributed by atoms with Crippen LogP contribution >= 0.6 is 0 Å². The second-order valence-corrected chi connectivity index (χ2v) is 9.29. The Labute approximate surface area is 157 Å². The average Bonchev–Trinajstić information content (AvgIpc) is 2.56. The minimum Gasteiger partial charge on any atom is -0.460 e. The normalized spacial score (nSPS) is 14.3. The topological polar surface area (TPSA) is 26.3 Å². The van der Waals surface area contributed by atoms with Crippen molar-refractivity contribution in [1.82, 2.24) is 0 Å². The first-order valence-electron chi connectivity index (χ1n) is 9.55. The minimum atomic E-state index is -0.487. The molecule has 1 aliphatic carbocycles. The zero-order chi connectivity index (χ0) is 18.9. The first-order valence-corrected chi connectivity index (χ1v) is 9.55. The number of hydrogen-bond acceptors (Lipinski definition) is 2. The van der Waals surface area contributed by atoms with E-state index in [-0.39, 0.29) is 11.4 Å². The first-order chi connectivity index (χ1) is 12.2. The molecule has 1 aliphatic rings. The van der Waals surface area contributed by atoms with Crippen molar-refractivity contribution in [2.24, 2.45) is 10.8 Å². The van der Waals surface area contributed by atoms with Crippen LogP contribution in [-0.2, 0) is 22.6 Å². The van der Waals surface area contributed by atoms with E-state index >= 15 is 0 Å². The van der Waals surface area contributed by atoms with Gasteiger partial charge in [0, 0.05) is 5.56 Å². The fourth-order valence-electron chi connectivity index (χ4n) is 4.24. The van der Waals surface area contributed by atoms with Gasteiger partial charge in [0.05, 0.1) is 5.41 Å².